The second-order valence-corrected chi connectivity index (χ2v) is 11.9. The van der Waals surface area contributed by atoms with Crippen LogP contribution in [0.2, 0.25) is 15.1 Å². The van der Waals surface area contributed by atoms with Crippen molar-refractivity contribution >= 4 is 62.3 Å². The third-order valence-corrected chi connectivity index (χ3v) is 7.71. The first kappa shape index (κ1) is 30.2. The average molecular weight is 577 g/mol. The number of amides is 2. The zero-order chi connectivity index (χ0) is 27.0. The van der Waals surface area contributed by atoms with Crippen molar-refractivity contribution in [1.29, 1.82) is 0 Å². The Morgan fingerprint density at radius 1 is 1.03 bits per heavy atom. The van der Waals surface area contributed by atoms with Gasteiger partial charge in [0.25, 0.3) is 0 Å². The number of halogens is 3. The van der Waals surface area contributed by atoms with Gasteiger partial charge in [-0.3, -0.25) is 13.9 Å². The maximum atomic E-state index is 13.3. The van der Waals surface area contributed by atoms with Crippen molar-refractivity contribution in [3.63, 3.8) is 0 Å². The first-order chi connectivity index (χ1) is 16.8. The third kappa shape index (κ3) is 8.83. The van der Waals surface area contributed by atoms with Crippen LogP contribution >= 0.6 is 34.8 Å². The van der Waals surface area contributed by atoms with Crippen LogP contribution in [0, 0.1) is 0 Å². The molecule has 198 valence electrons. The normalized spacial score (nSPS) is 13.1. The van der Waals surface area contributed by atoms with Crippen molar-refractivity contribution in [3.05, 3.63) is 63.1 Å². The monoisotopic (exact) mass is 575 g/mol. The average Bonchev–Trinajstić information content (AvgIpc) is 2.80. The van der Waals surface area contributed by atoms with Gasteiger partial charge < -0.3 is 10.2 Å². The van der Waals surface area contributed by atoms with Gasteiger partial charge in [-0.15, -0.1) is 0 Å². The summed E-state index contributed by atoms with van der Waals surface area (Å²) in [5.74, 6) is -0.546. The van der Waals surface area contributed by atoms with Crippen molar-refractivity contribution < 1.29 is 18.0 Å². The highest BCUT2D eigenvalue weighted by Crippen LogP contribution is 2.31. The molecule has 2 aromatic rings. The van der Waals surface area contributed by atoms with E-state index in [0.717, 1.165) is 22.5 Å². The SMILES string of the molecule is CC[C@@H](C)NC(=O)[C@@H](C)N(Cc1cccc(Cl)c1)C(=O)CCCN(c1cc(Cl)ccc1Cl)S(C)(=O)=O. The van der Waals surface area contributed by atoms with Gasteiger partial charge in [-0.05, 0) is 62.6 Å². The van der Waals surface area contributed by atoms with E-state index in [4.69, 9.17) is 34.8 Å². The van der Waals surface area contributed by atoms with Gasteiger partial charge in [0.05, 0.1) is 17.0 Å². The molecule has 11 heteroatoms. The quantitative estimate of drug-likeness (QED) is 0.360. The largest absolute Gasteiger partial charge is 0.352 e. The summed E-state index contributed by atoms with van der Waals surface area (Å²) >= 11 is 18.4. The van der Waals surface area contributed by atoms with Crippen LogP contribution < -0.4 is 9.62 Å². The maximum absolute atomic E-state index is 13.3. The fourth-order valence-corrected chi connectivity index (χ4v) is 5.16. The van der Waals surface area contributed by atoms with E-state index in [9.17, 15) is 18.0 Å². The van der Waals surface area contributed by atoms with Gasteiger partial charge in [0.2, 0.25) is 21.8 Å². The molecular formula is C25H32Cl3N3O4S. The molecule has 0 spiro atoms. The van der Waals surface area contributed by atoms with Gasteiger partial charge in [-0.2, -0.15) is 0 Å². The summed E-state index contributed by atoms with van der Waals surface area (Å²) in [6.07, 6.45) is 2.05. The summed E-state index contributed by atoms with van der Waals surface area (Å²) in [6, 6.07) is 10.9. The zero-order valence-corrected chi connectivity index (χ0v) is 23.9. The third-order valence-electron chi connectivity index (χ3n) is 5.74. The standard InChI is InChI=1S/C25H32Cl3N3O4S/c1-5-17(2)29-25(33)18(3)30(16-19-8-6-9-20(26)14-19)24(32)10-7-13-31(36(4,34)35)23-15-21(27)11-12-22(23)28/h6,8-9,11-12,14-15,17-18H,5,7,10,13,16H2,1-4H3,(H,29,33)/t17-,18-/m1/s1. The van der Waals surface area contributed by atoms with E-state index in [-0.39, 0.29) is 54.5 Å². The van der Waals surface area contributed by atoms with E-state index in [1.54, 1.807) is 31.2 Å². The van der Waals surface area contributed by atoms with Crippen molar-refractivity contribution in [1.82, 2.24) is 10.2 Å². The predicted molar refractivity (Wildman–Crippen MR) is 147 cm³/mol. The summed E-state index contributed by atoms with van der Waals surface area (Å²) in [6.45, 7) is 5.74. The van der Waals surface area contributed by atoms with E-state index in [2.05, 4.69) is 5.32 Å². The second-order valence-electron chi connectivity index (χ2n) is 8.68. The lowest BCUT2D eigenvalue weighted by Gasteiger charge is -2.30. The van der Waals surface area contributed by atoms with Crippen LogP contribution in [0.15, 0.2) is 42.5 Å². The molecule has 2 atom stereocenters. The highest BCUT2D eigenvalue weighted by atomic mass is 35.5. The molecule has 0 heterocycles. The molecule has 36 heavy (non-hydrogen) atoms. The number of hydrogen-bond donors (Lipinski definition) is 1. The molecule has 0 saturated carbocycles. The first-order valence-electron chi connectivity index (χ1n) is 11.6. The summed E-state index contributed by atoms with van der Waals surface area (Å²) in [5.41, 5.74) is 1.03. The Kier molecular flexibility index (Phi) is 11.3. The van der Waals surface area contributed by atoms with Crippen LogP contribution in [0.25, 0.3) is 0 Å². The maximum Gasteiger partial charge on any atom is 0.242 e. The molecular weight excluding hydrogens is 545 g/mol. The van der Waals surface area contributed by atoms with Crippen LogP contribution in [0.4, 0.5) is 5.69 Å². The number of nitrogens with zero attached hydrogens (tertiary/aromatic N) is 2. The number of carbonyl (C=O) groups is 2. The van der Waals surface area contributed by atoms with Crippen molar-refractivity contribution in [3.8, 4) is 0 Å². The predicted octanol–water partition coefficient (Wildman–Crippen LogP) is 5.53. The van der Waals surface area contributed by atoms with E-state index in [1.165, 1.54) is 17.0 Å². The molecule has 0 unspecified atom stereocenters. The topological polar surface area (TPSA) is 86.8 Å². The molecule has 0 fully saturated rings. The fraction of sp³-hybridized carbons (Fsp3) is 0.440. The highest BCUT2D eigenvalue weighted by Gasteiger charge is 2.27. The fourth-order valence-electron chi connectivity index (χ4n) is 3.54. The van der Waals surface area contributed by atoms with Gasteiger partial charge >= 0.3 is 0 Å². The van der Waals surface area contributed by atoms with Gasteiger partial charge in [0, 0.05) is 35.6 Å². The van der Waals surface area contributed by atoms with Crippen LogP contribution in [-0.4, -0.2) is 50.0 Å². The Morgan fingerprint density at radius 3 is 2.31 bits per heavy atom. The lowest BCUT2D eigenvalue weighted by atomic mass is 10.1. The number of carbonyl (C=O) groups excluding carboxylic acids is 2. The van der Waals surface area contributed by atoms with Crippen LogP contribution in [0.1, 0.15) is 45.6 Å². The van der Waals surface area contributed by atoms with Crippen molar-refractivity contribution in [2.45, 2.75) is 58.7 Å². The summed E-state index contributed by atoms with van der Waals surface area (Å²) in [4.78, 5) is 27.6. The first-order valence-corrected chi connectivity index (χ1v) is 14.6. The van der Waals surface area contributed by atoms with Crippen molar-refractivity contribution in [2.75, 3.05) is 17.1 Å². The Hall–Kier alpha value is -2.00. The van der Waals surface area contributed by atoms with Crippen molar-refractivity contribution in [2.24, 2.45) is 0 Å². The summed E-state index contributed by atoms with van der Waals surface area (Å²) in [5, 5.41) is 4.01. The molecule has 0 radical (unpaired) electrons. The molecule has 7 nitrogen and oxygen atoms in total. The van der Waals surface area contributed by atoms with Gasteiger partial charge in [0.1, 0.15) is 6.04 Å². The van der Waals surface area contributed by atoms with E-state index in [1.807, 2.05) is 19.9 Å². The van der Waals surface area contributed by atoms with Crippen LogP contribution in [0.5, 0.6) is 0 Å². The Morgan fingerprint density at radius 2 is 1.69 bits per heavy atom. The van der Waals surface area contributed by atoms with Crippen LogP contribution in [-0.2, 0) is 26.2 Å². The number of rotatable bonds is 12. The van der Waals surface area contributed by atoms with Gasteiger partial charge in [0.15, 0.2) is 0 Å². The minimum atomic E-state index is -3.69. The second kappa shape index (κ2) is 13.5. The Labute approximate surface area is 228 Å². The minimum absolute atomic E-state index is 0.0170. The molecule has 0 aromatic heterocycles. The zero-order valence-electron chi connectivity index (χ0n) is 20.8. The lowest BCUT2D eigenvalue weighted by molar-refractivity contribution is -0.140. The van der Waals surface area contributed by atoms with E-state index in [0.29, 0.717) is 10.0 Å². The summed E-state index contributed by atoms with van der Waals surface area (Å²) in [7, 11) is -3.69. The molecule has 1 N–H and O–H groups in total. The molecule has 0 bridgehead atoms. The number of sulfonamides is 1. The minimum Gasteiger partial charge on any atom is -0.352 e. The van der Waals surface area contributed by atoms with Gasteiger partial charge in [-0.25, -0.2) is 8.42 Å². The lowest BCUT2D eigenvalue weighted by Crippen LogP contribution is -2.49. The molecule has 2 amide bonds. The number of anilines is 1. The Balaban J connectivity index is 2.21. The van der Waals surface area contributed by atoms with Gasteiger partial charge in [-0.1, -0.05) is 53.9 Å². The number of hydrogen-bond acceptors (Lipinski definition) is 4. The Bertz CT molecular complexity index is 1180. The molecule has 2 rings (SSSR count). The number of nitrogens with one attached hydrogen (secondary N) is 1. The molecule has 0 aliphatic heterocycles. The summed E-state index contributed by atoms with van der Waals surface area (Å²) < 4.78 is 26.1. The smallest absolute Gasteiger partial charge is 0.242 e. The van der Waals surface area contributed by atoms with Crippen LogP contribution in [0.3, 0.4) is 0 Å². The van der Waals surface area contributed by atoms with E-state index < -0.39 is 16.1 Å². The molecule has 0 saturated heterocycles. The molecule has 0 aliphatic carbocycles. The highest BCUT2D eigenvalue weighted by molar-refractivity contribution is 7.92. The number of benzene rings is 2. The molecule has 2 aromatic carbocycles. The van der Waals surface area contributed by atoms with E-state index >= 15 is 0 Å². The molecule has 0 aliphatic rings.